The van der Waals surface area contributed by atoms with Gasteiger partial charge in [0.1, 0.15) is 17.1 Å². The Balaban J connectivity index is 1.52. The number of benzene rings is 1. The van der Waals surface area contributed by atoms with E-state index in [1.807, 2.05) is 48.2 Å². The van der Waals surface area contributed by atoms with Gasteiger partial charge < -0.3 is 15.0 Å². The molecule has 3 heterocycles. The normalized spacial score (nSPS) is 14.7. The third-order valence-electron chi connectivity index (χ3n) is 5.44. The van der Waals surface area contributed by atoms with E-state index in [2.05, 4.69) is 26.7 Å². The summed E-state index contributed by atoms with van der Waals surface area (Å²) >= 11 is 0. The van der Waals surface area contributed by atoms with Crippen LogP contribution in [0.4, 0.5) is 4.79 Å². The molecule has 1 N–H and O–H groups in total. The van der Waals surface area contributed by atoms with Crippen molar-refractivity contribution in [3.05, 3.63) is 48.4 Å². The van der Waals surface area contributed by atoms with Gasteiger partial charge in [-0.3, -0.25) is 9.47 Å². The molecule has 0 aliphatic carbocycles. The van der Waals surface area contributed by atoms with E-state index in [1.165, 1.54) is 0 Å². The van der Waals surface area contributed by atoms with E-state index in [0.717, 1.165) is 67.6 Å². The minimum atomic E-state index is 0.0346. The Morgan fingerprint density at radius 3 is 2.58 bits per heavy atom. The number of rotatable bonds is 7. The Labute approximate surface area is 182 Å². The van der Waals surface area contributed by atoms with Crippen LogP contribution in [0, 0.1) is 0 Å². The highest BCUT2D eigenvalue weighted by molar-refractivity contribution is 5.74. The van der Waals surface area contributed by atoms with Crippen LogP contribution in [0.2, 0.25) is 0 Å². The van der Waals surface area contributed by atoms with Gasteiger partial charge >= 0.3 is 6.03 Å². The molecule has 0 unspecified atom stereocenters. The number of fused-ring (bicyclic) bond motifs is 1. The van der Waals surface area contributed by atoms with Crippen molar-refractivity contribution in [2.24, 2.45) is 0 Å². The van der Waals surface area contributed by atoms with Gasteiger partial charge in [-0.05, 0) is 49.7 Å². The maximum absolute atomic E-state index is 12.2. The molecule has 2 aromatic heterocycles. The number of carbonyl (C=O) groups is 1. The topological polar surface area (TPSA) is 75.5 Å². The molecule has 0 bridgehead atoms. The lowest BCUT2D eigenvalue weighted by molar-refractivity contribution is 0.133. The molecule has 0 atom stereocenters. The molecule has 164 valence electrons. The standard InChI is InChI=1S/C23H30N6O2/c1-3-11-25-23(30)28-15-13-27(14-16-28)17-21-26-20-6-5-12-24-22(20)29(21)18-7-9-19(10-8-18)31-4-2/h5-10,12H,3-4,11,13-17H2,1-2H3,(H,25,30). The zero-order chi connectivity index (χ0) is 21.6. The first kappa shape index (κ1) is 21.1. The Hall–Kier alpha value is -3.13. The molecule has 8 heteroatoms. The van der Waals surface area contributed by atoms with Crippen molar-refractivity contribution in [2.75, 3.05) is 39.3 Å². The van der Waals surface area contributed by atoms with Crippen LogP contribution in [0.3, 0.4) is 0 Å². The van der Waals surface area contributed by atoms with E-state index in [1.54, 1.807) is 6.20 Å². The lowest BCUT2D eigenvalue weighted by atomic mass is 10.3. The monoisotopic (exact) mass is 422 g/mol. The fourth-order valence-electron chi connectivity index (χ4n) is 3.85. The molecule has 1 aliphatic heterocycles. The van der Waals surface area contributed by atoms with Gasteiger partial charge in [-0.1, -0.05) is 6.92 Å². The Bertz CT molecular complexity index is 1010. The summed E-state index contributed by atoms with van der Waals surface area (Å²) in [4.78, 5) is 25.9. The van der Waals surface area contributed by atoms with Gasteiger partial charge in [-0.25, -0.2) is 14.8 Å². The molecule has 0 spiro atoms. The van der Waals surface area contributed by atoms with Crippen LogP contribution in [-0.4, -0.2) is 69.7 Å². The number of nitrogens with one attached hydrogen (secondary N) is 1. The molecule has 2 amide bonds. The first-order valence-corrected chi connectivity index (χ1v) is 11.0. The number of hydrogen-bond acceptors (Lipinski definition) is 5. The smallest absolute Gasteiger partial charge is 0.317 e. The van der Waals surface area contributed by atoms with E-state index >= 15 is 0 Å². The van der Waals surface area contributed by atoms with Crippen LogP contribution >= 0.6 is 0 Å². The van der Waals surface area contributed by atoms with Crippen LogP contribution in [0.1, 0.15) is 26.1 Å². The summed E-state index contributed by atoms with van der Waals surface area (Å²) in [6.07, 6.45) is 2.74. The molecule has 1 fully saturated rings. The second kappa shape index (κ2) is 9.78. The Morgan fingerprint density at radius 2 is 1.87 bits per heavy atom. The van der Waals surface area contributed by atoms with E-state index in [-0.39, 0.29) is 6.03 Å². The molecule has 31 heavy (non-hydrogen) atoms. The summed E-state index contributed by atoms with van der Waals surface area (Å²) in [5.41, 5.74) is 2.74. The summed E-state index contributed by atoms with van der Waals surface area (Å²) in [6.45, 7) is 9.18. The molecule has 4 rings (SSSR count). The lowest BCUT2D eigenvalue weighted by Gasteiger charge is -2.34. The molecule has 1 saturated heterocycles. The molecular weight excluding hydrogens is 392 g/mol. The molecule has 0 radical (unpaired) electrons. The maximum Gasteiger partial charge on any atom is 0.317 e. The van der Waals surface area contributed by atoms with Gasteiger partial charge in [0.05, 0.1) is 13.2 Å². The van der Waals surface area contributed by atoms with Crippen LogP contribution in [0.15, 0.2) is 42.6 Å². The SMILES string of the molecule is CCCNC(=O)N1CCN(Cc2nc3cccnc3n2-c2ccc(OCC)cc2)CC1. The number of carbonyl (C=O) groups excluding carboxylic acids is 1. The van der Waals surface area contributed by atoms with Crippen molar-refractivity contribution < 1.29 is 9.53 Å². The van der Waals surface area contributed by atoms with Crippen molar-refractivity contribution in [3.63, 3.8) is 0 Å². The molecule has 1 aliphatic rings. The minimum absolute atomic E-state index is 0.0346. The highest BCUT2D eigenvalue weighted by atomic mass is 16.5. The number of imidazole rings is 1. The van der Waals surface area contributed by atoms with Crippen LogP contribution < -0.4 is 10.1 Å². The number of hydrogen-bond donors (Lipinski definition) is 1. The van der Waals surface area contributed by atoms with Gasteiger partial charge in [0.15, 0.2) is 5.65 Å². The predicted octanol–water partition coefficient (Wildman–Crippen LogP) is 3.06. The summed E-state index contributed by atoms with van der Waals surface area (Å²) in [6, 6.07) is 12.0. The fraction of sp³-hybridized carbons (Fsp3) is 0.435. The largest absolute Gasteiger partial charge is 0.494 e. The molecule has 1 aromatic carbocycles. The highest BCUT2D eigenvalue weighted by Crippen LogP contribution is 2.23. The van der Waals surface area contributed by atoms with Crippen LogP contribution in [-0.2, 0) is 6.54 Å². The zero-order valence-corrected chi connectivity index (χ0v) is 18.3. The predicted molar refractivity (Wildman–Crippen MR) is 121 cm³/mol. The average Bonchev–Trinajstić information content (AvgIpc) is 3.16. The highest BCUT2D eigenvalue weighted by Gasteiger charge is 2.23. The summed E-state index contributed by atoms with van der Waals surface area (Å²) in [5.74, 6) is 1.80. The first-order chi connectivity index (χ1) is 15.2. The van der Waals surface area contributed by atoms with Gasteiger partial charge in [-0.2, -0.15) is 0 Å². The average molecular weight is 423 g/mol. The Morgan fingerprint density at radius 1 is 1.10 bits per heavy atom. The second-order valence-electron chi connectivity index (χ2n) is 7.63. The van der Waals surface area contributed by atoms with E-state index in [4.69, 9.17) is 9.72 Å². The van der Waals surface area contributed by atoms with Gasteiger partial charge in [0, 0.05) is 44.6 Å². The second-order valence-corrected chi connectivity index (χ2v) is 7.63. The van der Waals surface area contributed by atoms with E-state index in [0.29, 0.717) is 13.2 Å². The molecular formula is C23H30N6O2. The Kier molecular flexibility index (Phi) is 6.66. The number of amides is 2. The van der Waals surface area contributed by atoms with Crippen LogP contribution in [0.25, 0.3) is 16.9 Å². The summed E-state index contributed by atoms with van der Waals surface area (Å²) in [5, 5.41) is 2.96. The maximum atomic E-state index is 12.2. The quantitative estimate of drug-likeness (QED) is 0.633. The van der Waals surface area contributed by atoms with Crippen molar-refractivity contribution in [1.82, 2.24) is 29.7 Å². The molecule has 0 saturated carbocycles. The van der Waals surface area contributed by atoms with Crippen molar-refractivity contribution in [2.45, 2.75) is 26.8 Å². The number of ether oxygens (including phenoxy) is 1. The van der Waals surface area contributed by atoms with Crippen molar-refractivity contribution in [1.29, 1.82) is 0 Å². The first-order valence-electron chi connectivity index (χ1n) is 11.0. The zero-order valence-electron chi connectivity index (χ0n) is 18.3. The number of nitrogens with zero attached hydrogens (tertiary/aromatic N) is 5. The number of urea groups is 1. The minimum Gasteiger partial charge on any atom is -0.494 e. The summed E-state index contributed by atoms with van der Waals surface area (Å²) < 4.78 is 7.70. The van der Waals surface area contributed by atoms with Crippen LogP contribution in [0.5, 0.6) is 5.75 Å². The fourth-order valence-corrected chi connectivity index (χ4v) is 3.85. The number of piperazine rings is 1. The number of aromatic nitrogens is 3. The molecule has 8 nitrogen and oxygen atoms in total. The van der Waals surface area contributed by atoms with Gasteiger partial charge in [0.25, 0.3) is 0 Å². The third kappa shape index (κ3) is 4.80. The molecule has 3 aromatic rings. The number of pyridine rings is 1. The van der Waals surface area contributed by atoms with Crippen molar-refractivity contribution in [3.8, 4) is 11.4 Å². The summed E-state index contributed by atoms with van der Waals surface area (Å²) in [7, 11) is 0. The van der Waals surface area contributed by atoms with Gasteiger partial charge in [-0.15, -0.1) is 0 Å². The lowest BCUT2D eigenvalue weighted by Crippen LogP contribution is -2.51. The van der Waals surface area contributed by atoms with Crippen molar-refractivity contribution >= 4 is 17.2 Å². The van der Waals surface area contributed by atoms with Gasteiger partial charge in [0.2, 0.25) is 0 Å². The van der Waals surface area contributed by atoms with E-state index < -0.39 is 0 Å². The third-order valence-corrected chi connectivity index (χ3v) is 5.44. The van der Waals surface area contributed by atoms with E-state index in [9.17, 15) is 4.79 Å².